The Hall–Kier alpha value is -3.29. The van der Waals surface area contributed by atoms with E-state index in [4.69, 9.17) is 9.47 Å². The van der Waals surface area contributed by atoms with Gasteiger partial charge in [0.1, 0.15) is 5.69 Å². The van der Waals surface area contributed by atoms with Crippen molar-refractivity contribution in [3.05, 3.63) is 46.9 Å². The molecule has 0 spiro atoms. The average molecular weight is 367 g/mol. The summed E-state index contributed by atoms with van der Waals surface area (Å²) in [6, 6.07) is 7.43. The highest BCUT2D eigenvalue weighted by atomic mass is 16.7. The van der Waals surface area contributed by atoms with Crippen molar-refractivity contribution in [2.45, 2.75) is 20.4 Å². The zero-order valence-corrected chi connectivity index (χ0v) is 15.7. The van der Waals surface area contributed by atoms with Crippen LogP contribution >= 0.6 is 0 Å². The number of aryl methyl sites for hydroxylation is 3. The first-order valence-electron chi connectivity index (χ1n) is 8.65. The van der Waals surface area contributed by atoms with Crippen molar-refractivity contribution in [2.75, 3.05) is 6.79 Å². The highest BCUT2D eigenvalue weighted by Gasteiger charge is 2.19. The molecule has 0 radical (unpaired) electrons. The largest absolute Gasteiger partial charge is 0.454 e. The molecule has 0 aliphatic carbocycles. The number of amides is 1. The number of nitrogens with zero attached hydrogens (tertiary/aromatic N) is 4. The van der Waals surface area contributed by atoms with Gasteiger partial charge in [-0.15, -0.1) is 0 Å². The maximum absolute atomic E-state index is 12.6. The van der Waals surface area contributed by atoms with Crippen molar-refractivity contribution in [1.29, 1.82) is 0 Å². The molecule has 1 N–H and O–H groups in total. The van der Waals surface area contributed by atoms with Crippen LogP contribution in [0.25, 0.3) is 11.3 Å². The molecule has 2 aromatic heterocycles. The second kappa shape index (κ2) is 6.46. The molecule has 8 nitrogen and oxygen atoms in total. The average Bonchev–Trinajstić information content (AvgIpc) is 3.31. The Morgan fingerprint density at radius 3 is 2.63 bits per heavy atom. The fourth-order valence-corrected chi connectivity index (χ4v) is 3.27. The fraction of sp³-hybridized carbons (Fsp3) is 0.316. The third-order valence-corrected chi connectivity index (χ3v) is 4.77. The third kappa shape index (κ3) is 3.03. The van der Waals surface area contributed by atoms with Crippen LogP contribution in [0.4, 0.5) is 0 Å². The highest BCUT2D eigenvalue weighted by molar-refractivity contribution is 5.93. The molecule has 0 saturated carbocycles. The number of aromatic nitrogens is 4. The van der Waals surface area contributed by atoms with E-state index >= 15 is 0 Å². The molecule has 0 saturated heterocycles. The summed E-state index contributed by atoms with van der Waals surface area (Å²) < 4.78 is 14.1. The van der Waals surface area contributed by atoms with Crippen LogP contribution < -0.4 is 14.8 Å². The Morgan fingerprint density at radius 2 is 1.89 bits per heavy atom. The molecule has 3 heterocycles. The maximum Gasteiger partial charge on any atom is 0.269 e. The van der Waals surface area contributed by atoms with Gasteiger partial charge in [-0.1, -0.05) is 6.07 Å². The monoisotopic (exact) mass is 367 g/mol. The molecule has 3 aromatic rings. The van der Waals surface area contributed by atoms with Gasteiger partial charge in [0.25, 0.3) is 5.91 Å². The first-order chi connectivity index (χ1) is 12.9. The Labute approximate surface area is 156 Å². The highest BCUT2D eigenvalue weighted by Crippen LogP contribution is 2.32. The molecule has 1 aromatic carbocycles. The van der Waals surface area contributed by atoms with Gasteiger partial charge in [0, 0.05) is 31.9 Å². The molecule has 8 heteroatoms. The minimum atomic E-state index is -0.187. The molecule has 27 heavy (non-hydrogen) atoms. The lowest BCUT2D eigenvalue weighted by molar-refractivity contribution is 0.0941. The van der Waals surface area contributed by atoms with Crippen molar-refractivity contribution in [3.8, 4) is 22.8 Å². The smallest absolute Gasteiger partial charge is 0.269 e. The lowest BCUT2D eigenvalue weighted by Crippen LogP contribution is -2.25. The zero-order chi connectivity index (χ0) is 19.1. The second-order valence-electron chi connectivity index (χ2n) is 6.58. The molecule has 0 fully saturated rings. The molecular weight excluding hydrogens is 346 g/mol. The SMILES string of the molecule is Cc1nn(C)c(C)c1-c1cc(C(=O)NCc2ccc3c(c2)OCO3)n(C)n1. The van der Waals surface area contributed by atoms with Crippen LogP contribution in [-0.2, 0) is 20.6 Å². The Morgan fingerprint density at radius 1 is 1.11 bits per heavy atom. The number of fused-ring (bicyclic) bond motifs is 1. The zero-order valence-electron chi connectivity index (χ0n) is 15.7. The van der Waals surface area contributed by atoms with Crippen molar-refractivity contribution < 1.29 is 14.3 Å². The summed E-state index contributed by atoms with van der Waals surface area (Å²) in [5.74, 6) is 1.24. The first-order valence-corrected chi connectivity index (χ1v) is 8.65. The summed E-state index contributed by atoms with van der Waals surface area (Å²) in [6.45, 7) is 4.55. The van der Waals surface area contributed by atoms with Crippen molar-refractivity contribution in [3.63, 3.8) is 0 Å². The van der Waals surface area contributed by atoms with Gasteiger partial charge in [-0.05, 0) is 37.6 Å². The van der Waals surface area contributed by atoms with Gasteiger partial charge in [0.2, 0.25) is 6.79 Å². The van der Waals surface area contributed by atoms with E-state index in [0.29, 0.717) is 18.0 Å². The summed E-state index contributed by atoms with van der Waals surface area (Å²) in [5, 5.41) is 11.9. The van der Waals surface area contributed by atoms with Gasteiger partial charge in [-0.25, -0.2) is 0 Å². The summed E-state index contributed by atoms with van der Waals surface area (Å²) in [6.07, 6.45) is 0. The van der Waals surface area contributed by atoms with Crippen LogP contribution in [0.2, 0.25) is 0 Å². The number of carbonyl (C=O) groups excluding carboxylic acids is 1. The molecule has 4 rings (SSSR count). The van der Waals surface area contributed by atoms with Gasteiger partial charge in [0.15, 0.2) is 11.5 Å². The predicted octanol–water partition coefficient (Wildman–Crippen LogP) is 2.10. The van der Waals surface area contributed by atoms with Crippen LogP contribution in [0.15, 0.2) is 24.3 Å². The predicted molar refractivity (Wildman–Crippen MR) is 98.6 cm³/mol. The van der Waals surface area contributed by atoms with E-state index < -0.39 is 0 Å². The van der Waals surface area contributed by atoms with Crippen LogP contribution in [0.1, 0.15) is 27.4 Å². The van der Waals surface area contributed by atoms with E-state index in [1.54, 1.807) is 17.8 Å². The van der Waals surface area contributed by atoms with Crippen molar-refractivity contribution in [1.82, 2.24) is 24.9 Å². The summed E-state index contributed by atoms with van der Waals surface area (Å²) in [7, 11) is 3.66. The number of hydrogen-bond donors (Lipinski definition) is 1. The van der Waals surface area contributed by atoms with Crippen LogP contribution in [0.3, 0.4) is 0 Å². The topological polar surface area (TPSA) is 83.2 Å². The lowest BCUT2D eigenvalue weighted by Gasteiger charge is -2.06. The molecule has 0 atom stereocenters. The maximum atomic E-state index is 12.6. The summed E-state index contributed by atoms with van der Waals surface area (Å²) in [5.41, 5.74) is 5.04. The minimum absolute atomic E-state index is 0.187. The van der Waals surface area contributed by atoms with E-state index in [9.17, 15) is 4.79 Å². The van der Waals surface area contributed by atoms with Gasteiger partial charge >= 0.3 is 0 Å². The van der Waals surface area contributed by atoms with Crippen LogP contribution in [-0.4, -0.2) is 32.3 Å². The molecule has 1 aliphatic heterocycles. The number of hydrogen-bond acceptors (Lipinski definition) is 5. The third-order valence-electron chi connectivity index (χ3n) is 4.77. The fourth-order valence-electron chi connectivity index (χ4n) is 3.27. The molecule has 1 amide bonds. The van der Waals surface area contributed by atoms with Gasteiger partial charge < -0.3 is 14.8 Å². The van der Waals surface area contributed by atoms with E-state index in [2.05, 4.69) is 15.5 Å². The molecule has 0 bridgehead atoms. The number of carbonyl (C=O) groups is 1. The Bertz CT molecular complexity index is 1030. The van der Waals surface area contributed by atoms with Gasteiger partial charge in [0.05, 0.1) is 11.4 Å². The number of nitrogens with one attached hydrogen (secondary N) is 1. The number of benzene rings is 1. The molecule has 1 aliphatic rings. The van der Waals surface area contributed by atoms with Crippen LogP contribution in [0, 0.1) is 13.8 Å². The van der Waals surface area contributed by atoms with Gasteiger partial charge in [-0.3, -0.25) is 14.2 Å². The van der Waals surface area contributed by atoms with E-state index in [1.165, 1.54) is 0 Å². The van der Waals surface area contributed by atoms with E-state index in [-0.39, 0.29) is 12.7 Å². The molecule has 0 unspecified atom stereocenters. The van der Waals surface area contributed by atoms with Crippen molar-refractivity contribution >= 4 is 5.91 Å². The molecular formula is C19H21N5O3. The van der Waals surface area contributed by atoms with Gasteiger partial charge in [-0.2, -0.15) is 10.2 Å². The lowest BCUT2D eigenvalue weighted by atomic mass is 10.1. The normalized spacial score (nSPS) is 12.4. The first kappa shape index (κ1) is 17.1. The van der Waals surface area contributed by atoms with E-state index in [0.717, 1.165) is 34.0 Å². The number of ether oxygens (including phenoxy) is 2. The Balaban J connectivity index is 1.52. The molecule has 140 valence electrons. The summed E-state index contributed by atoms with van der Waals surface area (Å²) >= 11 is 0. The van der Waals surface area contributed by atoms with Crippen molar-refractivity contribution in [2.24, 2.45) is 14.1 Å². The standard InChI is InChI=1S/C19H21N5O3/c1-11-18(12(2)23(3)21-11)14-8-15(24(4)22-14)19(25)20-9-13-5-6-16-17(7-13)27-10-26-16/h5-8H,9-10H2,1-4H3,(H,20,25). The van der Waals surface area contributed by atoms with E-state index in [1.807, 2.05) is 43.8 Å². The Kier molecular flexibility index (Phi) is 4.10. The van der Waals surface area contributed by atoms with Crippen LogP contribution in [0.5, 0.6) is 11.5 Å². The number of rotatable bonds is 4. The minimum Gasteiger partial charge on any atom is -0.454 e. The second-order valence-corrected chi connectivity index (χ2v) is 6.58. The quantitative estimate of drug-likeness (QED) is 0.763. The summed E-state index contributed by atoms with van der Waals surface area (Å²) in [4.78, 5) is 12.6.